The molecule has 2 atom stereocenters. The molecule has 2 aromatic carbocycles. The van der Waals surface area contributed by atoms with Crippen molar-refractivity contribution < 1.29 is 9.13 Å². The van der Waals surface area contributed by atoms with Crippen LogP contribution in [-0.4, -0.2) is 25.0 Å². The van der Waals surface area contributed by atoms with Gasteiger partial charge < -0.3 is 9.64 Å². The van der Waals surface area contributed by atoms with Gasteiger partial charge >= 0.3 is 0 Å². The Hall–Kier alpha value is -1.87. The van der Waals surface area contributed by atoms with Gasteiger partial charge in [-0.2, -0.15) is 0 Å². The monoisotopic (exact) mass is 283 g/mol. The summed E-state index contributed by atoms with van der Waals surface area (Å²) in [6.45, 7) is 1.95. The van der Waals surface area contributed by atoms with Crippen molar-refractivity contribution in [3.63, 3.8) is 0 Å². The van der Waals surface area contributed by atoms with E-state index in [9.17, 15) is 4.39 Å². The van der Waals surface area contributed by atoms with Crippen LogP contribution < -0.4 is 4.74 Å². The van der Waals surface area contributed by atoms with Gasteiger partial charge in [0.2, 0.25) is 0 Å². The van der Waals surface area contributed by atoms with Crippen LogP contribution in [-0.2, 0) is 5.60 Å². The molecule has 0 aliphatic carbocycles. The summed E-state index contributed by atoms with van der Waals surface area (Å²) in [6.07, 6.45) is 0.925. The standard InChI is InChI=1S/C18H18FNO/c1-20-11-10-18(13-6-8-14(19)9-7-13)16(12-20)15-4-2-3-5-17(15)21-18/h2-9,16H,10-12H2,1H3/t16-,18+/m0/s1. The molecule has 2 aliphatic heterocycles. The average molecular weight is 283 g/mol. The Balaban J connectivity index is 1.84. The molecule has 0 spiro atoms. The third kappa shape index (κ3) is 1.88. The summed E-state index contributed by atoms with van der Waals surface area (Å²) in [5.74, 6) is 1.08. The van der Waals surface area contributed by atoms with Crippen LogP contribution in [0.1, 0.15) is 23.5 Å². The molecule has 1 fully saturated rings. The first kappa shape index (κ1) is 12.8. The number of nitrogens with zero attached hydrogens (tertiary/aromatic N) is 1. The summed E-state index contributed by atoms with van der Waals surface area (Å²) in [5.41, 5.74) is 2.01. The molecule has 2 heterocycles. The number of likely N-dealkylation sites (tertiary alicyclic amines) is 1. The maximum absolute atomic E-state index is 13.3. The number of likely N-dealkylation sites (N-methyl/N-ethyl adjacent to an activating group) is 1. The van der Waals surface area contributed by atoms with E-state index in [1.807, 2.05) is 24.3 Å². The summed E-state index contributed by atoms with van der Waals surface area (Å²) in [5, 5.41) is 0. The van der Waals surface area contributed by atoms with Crippen LogP contribution in [0.4, 0.5) is 4.39 Å². The zero-order valence-electron chi connectivity index (χ0n) is 12.1. The molecule has 2 aromatic rings. The Morgan fingerprint density at radius 2 is 1.90 bits per heavy atom. The fourth-order valence-corrected chi connectivity index (χ4v) is 3.75. The van der Waals surface area contributed by atoms with E-state index in [-0.39, 0.29) is 11.4 Å². The highest BCUT2D eigenvalue weighted by atomic mass is 19.1. The van der Waals surface area contributed by atoms with E-state index in [1.54, 1.807) is 0 Å². The summed E-state index contributed by atoms with van der Waals surface area (Å²) >= 11 is 0. The third-order valence-corrected chi connectivity index (χ3v) is 4.84. The topological polar surface area (TPSA) is 12.5 Å². The molecule has 0 unspecified atom stereocenters. The number of hydrogen-bond donors (Lipinski definition) is 0. The number of piperidine rings is 1. The van der Waals surface area contributed by atoms with Crippen LogP contribution in [0.2, 0.25) is 0 Å². The zero-order valence-corrected chi connectivity index (χ0v) is 12.1. The van der Waals surface area contributed by atoms with Crippen LogP contribution in [0, 0.1) is 5.82 Å². The Morgan fingerprint density at radius 3 is 2.71 bits per heavy atom. The molecule has 0 bridgehead atoms. The molecule has 4 rings (SSSR count). The number of ether oxygens (including phenoxy) is 1. The second kappa shape index (κ2) is 4.57. The number of benzene rings is 2. The minimum absolute atomic E-state index is 0.199. The van der Waals surface area contributed by atoms with Gasteiger partial charge in [-0.05, 0) is 30.8 Å². The van der Waals surface area contributed by atoms with Crippen molar-refractivity contribution in [1.82, 2.24) is 4.90 Å². The van der Waals surface area contributed by atoms with Crippen molar-refractivity contribution >= 4 is 0 Å². The van der Waals surface area contributed by atoms with E-state index < -0.39 is 0 Å². The van der Waals surface area contributed by atoms with Crippen molar-refractivity contribution in [1.29, 1.82) is 0 Å². The molecule has 0 radical (unpaired) electrons. The van der Waals surface area contributed by atoms with Crippen molar-refractivity contribution in [2.75, 3.05) is 20.1 Å². The quantitative estimate of drug-likeness (QED) is 0.794. The summed E-state index contributed by atoms with van der Waals surface area (Å²) in [6, 6.07) is 15.1. The van der Waals surface area contributed by atoms with Crippen LogP contribution in [0.15, 0.2) is 48.5 Å². The molecule has 21 heavy (non-hydrogen) atoms. The number of halogens is 1. The zero-order chi connectivity index (χ0) is 14.4. The lowest BCUT2D eigenvalue weighted by Crippen LogP contribution is -2.47. The van der Waals surface area contributed by atoms with Gasteiger partial charge in [0.05, 0.1) is 0 Å². The number of para-hydroxylation sites is 1. The average Bonchev–Trinajstić information content (AvgIpc) is 2.83. The number of rotatable bonds is 1. The molecular formula is C18H18FNO. The molecule has 1 saturated heterocycles. The van der Waals surface area contributed by atoms with Crippen LogP contribution in [0.5, 0.6) is 5.75 Å². The Kier molecular flexibility index (Phi) is 2.79. The highest BCUT2D eigenvalue weighted by Crippen LogP contribution is 2.54. The molecule has 0 N–H and O–H groups in total. The van der Waals surface area contributed by atoms with Crippen molar-refractivity contribution in [3.8, 4) is 5.75 Å². The lowest BCUT2D eigenvalue weighted by molar-refractivity contribution is 0.00698. The fraction of sp³-hybridized carbons (Fsp3) is 0.333. The van der Waals surface area contributed by atoms with Gasteiger partial charge in [-0.15, -0.1) is 0 Å². The second-order valence-corrected chi connectivity index (χ2v) is 6.10. The first-order valence-corrected chi connectivity index (χ1v) is 7.41. The predicted molar refractivity (Wildman–Crippen MR) is 80.0 cm³/mol. The minimum atomic E-state index is -0.343. The highest BCUT2D eigenvalue weighted by Gasteiger charge is 2.51. The summed E-state index contributed by atoms with van der Waals surface area (Å²) in [7, 11) is 2.15. The molecule has 108 valence electrons. The van der Waals surface area contributed by atoms with E-state index in [0.29, 0.717) is 5.92 Å². The maximum Gasteiger partial charge on any atom is 0.143 e. The Bertz CT molecular complexity index is 669. The van der Waals surface area contributed by atoms with Crippen molar-refractivity contribution in [2.45, 2.75) is 17.9 Å². The van der Waals surface area contributed by atoms with E-state index in [4.69, 9.17) is 4.74 Å². The minimum Gasteiger partial charge on any atom is -0.482 e. The largest absolute Gasteiger partial charge is 0.482 e. The number of fused-ring (bicyclic) bond motifs is 3. The van der Waals surface area contributed by atoms with Crippen LogP contribution in [0.25, 0.3) is 0 Å². The molecular weight excluding hydrogens is 265 g/mol. The third-order valence-electron chi connectivity index (χ3n) is 4.84. The first-order valence-electron chi connectivity index (χ1n) is 7.41. The lowest BCUT2D eigenvalue weighted by Gasteiger charge is -2.42. The first-order chi connectivity index (χ1) is 10.2. The molecule has 3 heteroatoms. The van der Waals surface area contributed by atoms with Gasteiger partial charge in [0.15, 0.2) is 0 Å². The van der Waals surface area contributed by atoms with E-state index in [2.05, 4.69) is 24.1 Å². The van der Waals surface area contributed by atoms with E-state index in [1.165, 1.54) is 17.7 Å². The van der Waals surface area contributed by atoms with E-state index in [0.717, 1.165) is 30.8 Å². The predicted octanol–water partition coefficient (Wildman–Crippen LogP) is 3.53. The van der Waals surface area contributed by atoms with E-state index >= 15 is 0 Å². The van der Waals surface area contributed by atoms with Crippen LogP contribution >= 0.6 is 0 Å². The van der Waals surface area contributed by atoms with Crippen molar-refractivity contribution in [3.05, 3.63) is 65.5 Å². The van der Waals surface area contributed by atoms with Gasteiger partial charge in [-0.3, -0.25) is 0 Å². The highest BCUT2D eigenvalue weighted by molar-refractivity contribution is 5.47. The molecule has 0 aromatic heterocycles. The van der Waals surface area contributed by atoms with Gasteiger partial charge in [0.25, 0.3) is 0 Å². The lowest BCUT2D eigenvalue weighted by atomic mass is 9.74. The SMILES string of the molecule is CN1CC[C@]2(c3ccc(F)cc3)Oc3ccccc3[C@@H]2C1. The molecule has 0 saturated carbocycles. The molecule has 0 amide bonds. The molecule has 2 aliphatic rings. The van der Waals surface area contributed by atoms with Gasteiger partial charge in [-0.1, -0.05) is 30.3 Å². The fourth-order valence-electron chi connectivity index (χ4n) is 3.75. The van der Waals surface area contributed by atoms with Gasteiger partial charge in [0, 0.05) is 31.0 Å². The summed E-state index contributed by atoms with van der Waals surface area (Å²) < 4.78 is 19.7. The molecule has 2 nitrogen and oxygen atoms in total. The smallest absolute Gasteiger partial charge is 0.143 e. The maximum atomic E-state index is 13.3. The normalized spacial score (nSPS) is 27.8. The van der Waals surface area contributed by atoms with Gasteiger partial charge in [0.1, 0.15) is 17.2 Å². The Morgan fingerprint density at radius 1 is 1.14 bits per heavy atom. The summed E-state index contributed by atoms with van der Waals surface area (Å²) in [4.78, 5) is 2.35. The van der Waals surface area contributed by atoms with Crippen LogP contribution in [0.3, 0.4) is 0 Å². The van der Waals surface area contributed by atoms with Gasteiger partial charge in [-0.25, -0.2) is 4.39 Å². The number of hydrogen-bond acceptors (Lipinski definition) is 2. The Labute approximate surface area is 124 Å². The second-order valence-electron chi connectivity index (χ2n) is 6.10. The van der Waals surface area contributed by atoms with Crippen molar-refractivity contribution in [2.24, 2.45) is 0 Å².